The van der Waals surface area contributed by atoms with Crippen molar-refractivity contribution in [2.45, 2.75) is 25.0 Å². The molecule has 0 amide bonds. The monoisotopic (exact) mass is 242 g/mol. The topological polar surface area (TPSA) is 52.1 Å². The van der Waals surface area contributed by atoms with Gasteiger partial charge < -0.3 is 11.1 Å². The fourth-order valence-corrected chi connectivity index (χ4v) is 2.01. The highest BCUT2D eigenvalue weighted by Gasteiger charge is 2.19. The van der Waals surface area contributed by atoms with Crippen molar-refractivity contribution in [1.29, 1.82) is 0 Å². The van der Waals surface area contributed by atoms with E-state index < -0.39 is 5.82 Å². The van der Waals surface area contributed by atoms with Crippen LogP contribution in [0.2, 0.25) is 5.02 Å². The molecule has 1 aromatic carbocycles. The van der Waals surface area contributed by atoms with Crippen molar-refractivity contribution in [3.63, 3.8) is 0 Å². The fourth-order valence-electron chi connectivity index (χ4n) is 1.83. The lowest BCUT2D eigenvalue weighted by molar-refractivity contribution is 0.376. The maximum atomic E-state index is 12.9. The third kappa shape index (κ3) is 2.84. The van der Waals surface area contributed by atoms with Gasteiger partial charge in [0.15, 0.2) is 0 Å². The average Bonchev–Trinajstić information content (AvgIpc) is 2.24. The molecule has 0 aliphatic carbocycles. The molecule has 1 fully saturated rings. The van der Waals surface area contributed by atoms with Crippen molar-refractivity contribution >= 4 is 17.3 Å². The highest BCUT2D eigenvalue weighted by molar-refractivity contribution is 6.31. The van der Waals surface area contributed by atoms with Crippen LogP contribution in [0.4, 0.5) is 10.1 Å². The Morgan fingerprint density at radius 1 is 1.50 bits per heavy atom. The Morgan fingerprint density at radius 3 is 3.00 bits per heavy atom. The van der Waals surface area contributed by atoms with Crippen LogP contribution in [0.1, 0.15) is 12.8 Å². The van der Waals surface area contributed by atoms with Crippen molar-refractivity contribution in [2.75, 3.05) is 11.9 Å². The zero-order valence-electron chi connectivity index (χ0n) is 8.79. The lowest BCUT2D eigenvalue weighted by atomic mass is 10.0. The number of halogens is 2. The first-order valence-electron chi connectivity index (χ1n) is 5.29. The standard InChI is InChI=1S/C11H14ClFN3/c12-9-5-7(1-2-10(9)13)16-8-3-4-15-11(14)6-8/h1-2,5,8,11,16H,3-4,6,14H2. The van der Waals surface area contributed by atoms with Crippen LogP contribution in [-0.4, -0.2) is 18.8 Å². The SMILES string of the molecule is NC1CC(Nc2ccc(F)c(Cl)c2)CC[N]1. The number of nitrogens with zero attached hydrogens (tertiary/aromatic N) is 1. The Balaban J connectivity index is 2.00. The summed E-state index contributed by atoms with van der Waals surface area (Å²) >= 11 is 5.70. The Hall–Kier alpha value is -0.840. The van der Waals surface area contributed by atoms with E-state index in [1.54, 1.807) is 12.1 Å². The van der Waals surface area contributed by atoms with Crippen LogP contribution < -0.4 is 16.4 Å². The molecular formula is C11H14ClFN3. The summed E-state index contributed by atoms with van der Waals surface area (Å²) in [6.07, 6.45) is 1.65. The van der Waals surface area contributed by atoms with Crippen LogP contribution in [0.5, 0.6) is 0 Å². The van der Waals surface area contributed by atoms with Gasteiger partial charge in [-0.05, 0) is 31.0 Å². The normalized spacial score (nSPS) is 25.4. The summed E-state index contributed by atoms with van der Waals surface area (Å²) < 4.78 is 12.9. The second-order valence-electron chi connectivity index (χ2n) is 3.97. The first-order valence-corrected chi connectivity index (χ1v) is 5.67. The molecule has 1 radical (unpaired) electrons. The van der Waals surface area contributed by atoms with E-state index in [9.17, 15) is 4.39 Å². The van der Waals surface area contributed by atoms with Gasteiger partial charge >= 0.3 is 0 Å². The Kier molecular flexibility index (Phi) is 3.63. The third-order valence-electron chi connectivity index (χ3n) is 2.66. The molecule has 0 bridgehead atoms. The van der Waals surface area contributed by atoms with Gasteiger partial charge in [-0.2, -0.15) is 0 Å². The van der Waals surface area contributed by atoms with E-state index in [0.717, 1.165) is 25.1 Å². The molecule has 1 aliphatic rings. The third-order valence-corrected chi connectivity index (χ3v) is 2.95. The van der Waals surface area contributed by atoms with E-state index in [0.29, 0.717) is 0 Å². The summed E-state index contributed by atoms with van der Waals surface area (Å²) in [6.45, 7) is 0.772. The van der Waals surface area contributed by atoms with Crippen molar-refractivity contribution in [2.24, 2.45) is 5.73 Å². The first kappa shape index (κ1) is 11.6. The van der Waals surface area contributed by atoms with Crippen molar-refractivity contribution in [1.82, 2.24) is 5.32 Å². The molecule has 16 heavy (non-hydrogen) atoms. The highest BCUT2D eigenvalue weighted by Crippen LogP contribution is 2.21. The van der Waals surface area contributed by atoms with E-state index in [-0.39, 0.29) is 17.2 Å². The molecule has 0 aromatic heterocycles. The van der Waals surface area contributed by atoms with Crippen LogP contribution in [0.15, 0.2) is 18.2 Å². The summed E-state index contributed by atoms with van der Waals surface area (Å²) in [6, 6.07) is 4.92. The van der Waals surface area contributed by atoms with Gasteiger partial charge in [-0.25, -0.2) is 9.71 Å². The zero-order chi connectivity index (χ0) is 11.5. The first-order chi connectivity index (χ1) is 7.65. The van der Waals surface area contributed by atoms with E-state index in [1.165, 1.54) is 6.07 Å². The fraction of sp³-hybridized carbons (Fsp3) is 0.455. The Labute approximate surface area is 99.2 Å². The molecule has 1 saturated heterocycles. The minimum Gasteiger partial charge on any atom is -0.382 e. The van der Waals surface area contributed by atoms with Crippen molar-refractivity contribution < 1.29 is 4.39 Å². The summed E-state index contributed by atoms with van der Waals surface area (Å²) in [5.41, 5.74) is 6.56. The molecule has 2 rings (SSSR count). The minimum atomic E-state index is -0.400. The molecule has 3 N–H and O–H groups in total. The van der Waals surface area contributed by atoms with Gasteiger partial charge in [-0.15, -0.1) is 0 Å². The van der Waals surface area contributed by atoms with E-state index >= 15 is 0 Å². The van der Waals surface area contributed by atoms with E-state index in [4.69, 9.17) is 17.3 Å². The maximum absolute atomic E-state index is 12.9. The minimum absolute atomic E-state index is 0.0952. The predicted octanol–water partition coefficient (Wildman–Crippen LogP) is 1.94. The predicted molar refractivity (Wildman–Crippen MR) is 63.0 cm³/mol. The van der Waals surface area contributed by atoms with Gasteiger partial charge in [-0.3, -0.25) is 0 Å². The molecule has 1 aliphatic heterocycles. The van der Waals surface area contributed by atoms with Crippen LogP contribution in [0, 0.1) is 5.82 Å². The molecule has 3 nitrogen and oxygen atoms in total. The second kappa shape index (κ2) is 4.99. The molecule has 2 unspecified atom stereocenters. The summed E-state index contributed by atoms with van der Waals surface area (Å²) in [5, 5.41) is 7.63. The molecule has 1 aromatic rings. The number of hydrogen-bond donors (Lipinski definition) is 2. The molecule has 1 heterocycles. The van der Waals surface area contributed by atoms with Gasteiger partial charge in [0.2, 0.25) is 0 Å². The quantitative estimate of drug-likeness (QED) is 0.833. The molecule has 2 atom stereocenters. The van der Waals surface area contributed by atoms with Gasteiger partial charge in [0.05, 0.1) is 11.2 Å². The van der Waals surface area contributed by atoms with Crippen molar-refractivity contribution in [3.8, 4) is 0 Å². The molecule has 87 valence electrons. The molecular weight excluding hydrogens is 229 g/mol. The molecule has 5 heteroatoms. The number of rotatable bonds is 2. The zero-order valence-corrected chi connectivity index (χ0v) is 9.54. The van der Waals surface area contributed by atoms with Gasteiger partial charge in [-0.1, -0.05) is 11.6 Å². The van der Waals surface area contributed by atoms with Gasteiger partial charge in [0, 0.05) is 18.3 Å². The highest BCUT2D eigenvalue weighted by atomic mass is 35.5. The van der Waals surface area contributed by atoms with Crippen LogP contribution in [0.3, 0.4) is 0 Å². The summed E-state index contributed by atoms with van der Waals surface area (Å²) in [5.74, 6) is -0.400. The lowest BCUT2D eigenvalue weighted by Crippen LogP contribution is -2.43. The molecule has 0 spiro atoms. The van der Waals surface area contributed by atoms with Crippen molar-refractivity contribution in [3.05, 3.63) is 29.0 Å². The number of anilines is 1. The second-order valence-corrected chi connectivity index (χ2v) is 4.38. The average molecular weight is 243 g/mol. The summed E-state index contributed by atoms with van der Waals surface area (Å²) in [4.78, 5) is 0. The maximum Gasteiger partial charge on any atom is 0.141 e. The summed E-state index contributed by atoms with van der Waals surface area (Å²) in [7, 11) is 0. The Bertz CT molecular complexity index is 372. The number of hydrogen-bond acceptors (Lipinski definition) is 2. The molecule has 0 saturated carbocycles. The van der Waals surface area contributed by atoms with E-state index in [1.807, 2.05) is 0 Å². The smallest absolute Gasteiger partial charge is 0.141 e. The number of nitrogens with two attached hydrogens (primary N) is 1. The lowest BCUT2D eigenvalue weighted by Gasteiger charge is -2.28. The number of nitrogens with one attached hydrogen (secondary N) is 1. The number of piperidine rings is 1. The van der Waals surface area contributed by atoms with Gasteiger partial charge in [0.25, 0.3) is 0 Å². The largest absolute Gasteiger partial charge is 0.382 e. The Morgan fingerprint density at radius 2 is 2.31 bits per heavy atom. The van der Waals surface area contributed by atoms with Gasteiger partial charge in [0.1, 0.15) is 5.82 Å². The van der Waals surface area contributed by atoms with Crippen LogP contribution >= 0.6 is 11.6 Å². The van der Waals surface area contributed by atoms with Crippen LogP contribution in [-0.2, 0) is 0 Å². The number of benzene rings is 1. The van der Waals surface area contributed by atoms with Crippen LogP contribution in [0.25, 0.3) is 0 Å². The van der Waals surface area contributed by atoms with E-state index in [2.05, 4.69) is 10.6 Å².